The summed E-state index contributed by atoms with van der Waals surface area (Å²) < 4.78 is 0. The Morgan fingerprint density at radius 3 is 2.00 bits per heavy atom. The minimum atomic E-state index is 0.534. The molecule has 0 spiro atoms. The van der Waals surface area contributed by atoms with E-state index < -0.39 is 0 Å². The molecular weight excluding hydrogens is 360 g/mol. The van der Waals surface area contributed by atoms with Crippen molar-refractivity contribution in [3.63, 3.8) is 0 Å². The van der Waals surface area contributed by atoms with Gasteiger partial charge in [0.25, 0.3) is 0 Å². The summed E-state index contributed by atoms with van der Waals surface area (Å²) in [6, 6.07) is 29.3. The van der Waals surface area contributed by atoms with Gasteiger partial charge in [0.15, 0.2) is 0 Å². The lowest BCUT2D eigenvalue weighted by Crippen LogP contribution is -1.87. The van der Waals surface area contributed by atoms with E-state index in [1.54, 1.807) is 11.3 Å². The average Bonchev–Trinajstić information content (AvgIpc) is 3.18. The maximum Gasteiger partial charge on any atom is 0.210 e. The average molecular weight is 383 g/mol. The van der Waals surface area contributed by atoms with E-state index in [4.69, 9.17) is 4.98 Å². The third-order valence-electron chi connectivity index (χ3n) is 4.63. The first kappa shape index (κ1) is 18.3. The van der Waals surface area contributed by atoms with E-state index in [2.05, 4.69) is 79.5 Å². The second kappa shape index (κ2) is 8.32. The van der Waals surface area contributed by atoms with Crippen molar-refractivity contribution < 1.29 is 0 Å². The minimum absolute atomic E-state index is 0.534. The van der Waals surface area contributed by atoms with Gasteiger partial charge in [-0.25, -0.2) is 9.98 Å². The fraction of sp³-hybridized carbons (Fsp3) is 0.120. The van der Waals surface area contributed by atoms with Crippen LogP contribution in [0.2, 0.25) is 0 Å². The van der Waals surface area contributed by atoms with Crippen molar-refractivity contribution in [1.29, 1.82) is 0 Å². The summed E-state index contributed by atoms with van der Waals surface area (Å²) in [5, 5.41) is 0.769. The molecule has 0 saturated heterocycles. The lowest BCUT2D eigenvalue weighted by molar-refractivity contribution is 0.866. The highest BCUT2D eigenvalue weighted by Gasteiger charge is 2.14. The van der Waals surface area contributed by atoms with Gasteiger partial charge in [0, 0.05) is 11.8 Å². The van der Waals surface area contributed by atoms with Crippen LogP contribution in [0.25, 0.3) is 21.7 Å². The number of hydrogen-bond acceptors (Lipinski definition) is 3. The van der Waals surface area contributed by atoms with Gasteiger partial charge in [0.2, 0.25) is 5.13 Å². The number of rotatable bonds is 5. The van der Waals surface area contributed by atoms with Crippen LogP contribution < -0.4 is 0 Å². The molecule has 0 amide bonds. The van der Waals surface area contributed by atoms with Crippen molar-refractivity contribution in [2.45, 2.75) is 19.8 Å². The SMILES string of the molecule is CC(C)c1ccc(C=Nc2nc(-c3ccccc3)c(-c3ccccc3)s2)cc1. The van der Waals surface area contributed by atoms with Crippen molar-refractivity contribution in [1.82, 2.24) is 4.98 Å². The van der Waals surface area contributed by atoms with Crippen LogP contribution in [0.3, 0.4) is 0 Å². The van der Waals surface area contributed by atoms with Crippen molar-refractivity contribution in [2.24, 2.45) is 4.99 Å². The normalized spacial score (nSPS) is 11.4. The van der Waals surface area contributed by atoms with Crippen molar-refractivity contribution >= 4 is 22.7 Å². The first-order valence-electron chi connectivity index (χ1n) is 9.46. The molecule has 1 heterocycles. The zero-order valence-electron chi connectivity index (χ0n) is 16.0. The molecule has 0 saturated carbocycles. The van der Waals surface area contributed by atoms with E-state index in [0.717, 1.165) is 26.8 Å². The van der Waals surface area contributed by atoms with Crippen LogP contribution in [0.1, 0.15) is 30.9 Å². The molecule has 0 atom stereocenters. The van der Waals surface area contributed by atoms with Gasteiger partial charge in [0.1, 0.15) is 0 Å². The predicted octanol–water partition coefficient (Wildman–Crippen LogP) is 7.35. The van der Waals surface area contributed by atoms with E-state index in [0.29, 0.717) is 5.92 Å². The highest BCUT2D eigenvalue weighted by Crippen LogP contribution is 2.39. The minimum Gasteiger partial charge on any atom is -0.227 e. The van der Waals surface area contributed by atoms with Crippen LogP contribution in [0.5, 0.6) is 0 Å². The van der Waals surface area contributed by atoms with Gasteiger partial charge in [-0.2, -0.15) is 0 Å². The molecule has 0 aliphatic carbocycles. The molecule has 0 aliphatic heterocycles. The highest BCUT2D eigenvalue weighted by molar-refractivity contribution is 7.19. The zero-order valence-corrected chi connectivity index (χ0v) is 16.9. The molecule has 28 heavy (non-hydrogen) atoms. The van der Waals surface area contributed by atoms with Gasteiger partial charge in [-0.3, -0.25) is 0 Å². The third kappa shape index (κ3) is 4.10. The predicted molar refractivity (Wildman–Crippen MR) is 121 cm³/mol. The van der Waals surface area contributed by atoms with Gasteiger partial charge < -0.3 is 0 Å². The van der Waals surface area contributed by atoms with E-state index in [1.165, 1.54) is 11.1 Å². The summed E-state index contributed by atoms with van der Waals surface area (Å²) in [6.45, 7) is 4.41. The molecule has 0 N–H and O–H groups in total. The number of benzene rings is 3. The first-order valence-corrected chi connectivity index (χ1v) is 10.3. The summed E-state index contributed by atoms with van der Waals surface area (Å²) >= 11 is 1.63. The third-order valence-corrected chi connectivity index (χ3v) is 5.64. The molecule has 2 nitrogen and oxygen atoms in total. The number of hydrogen-bond donors (Lipinski definition) is 0. The molecule has 4 aromatic rings. The lowest BCUT2D eigenvalue weighted by atomic mass is 10.0. The zero-order chi connectivity index (χ0) is 19.3. The standard InChI is InChI=1S/C25H22N2S/c1-18(2)20-15-13-19(14-16-20)17-26-25-27-23(21-9-5-3-6-10-21)24(28-25)22-11-7-4-8-12-22/h3-18H,1-2H3. The summed E-state index contributed by atoms with van der Waals surface area (Å²) in [4.78, 5) is 10.7. The molecule has 3 aromatic carbocycles. The van der Waals surface area contributed by atoms with Crippen LogP contribution in [-0.2, 0) is 0 Å². The highest BCUT2D eigenvalue weighted by atomic mass is 32.1. The summed E-state index contributed by atoms with van der Waals surface area (Å²) in [7, 11) is 0. The van der Waals surface area contributed by atoms with Gasteiger partial charge in [0.05, 0.1) is 10.6 Å². The second-order valence-corrected chi connectivity index (χ2v) is 7.96. The Balaban J connectivity index is 1.69. The Morgan fingerprint density at radius 2 is 1.39 bits per heavy atom. The molecule has 0 unspecified atom stereocenters. The Labute approximate surface area is 170 Å². The fourth-order valence-corrected chi connectivity index (χ4v) is 3.98. The van der Waals surface area contributed by atoms with Gasteiger partial charge in [-0.1, -0.05) is 110 Å². The summed E-state index contributed by atoms with van der Waals surface area (Å²) in [5.74, 6) is 0.534. The molecule has 0 fully saturated rings. The number of thiazole rings is 1. The quantitative estimate of drug-likeness (QED) is 0.331. The largest absolute Gasteiger partial charge is 0.227 e. The van der Waals surface area contributed by atoms with E-state index in [9.17, 15) is 0 Å². The molecule has 0 bridgehead atoms. The number of aliphatic imine (C=N–C) groups is 1. The van der Waals surface area contributed by atoms with Crippen LogP contribution in [0, 0.1) is 0 Å². The maximum atomic E-state index is 4.84. The molecule has 0 radical (unpaired) electrons. The molecule has 1 aromatic heterocycles. The smallest absolute Gasteiger partial charge is 0.210 e. The van der Waals surface area contributed by atoms with E-state index in [1.807, 2.05) is 30.5 Å². The lowest BCUT2D eigenvalue weighted by Gasteiger charge is -2.04. The van der Waals surface area contributed by atoms with Crippen LogP contribution in [-0.4, -0.2) is 11.2 Å². The first-order chi connectivity index (χ1) is 13.7. The van der Waals surface area contributed by atoms with Gasteiger partial charge >= 0.3 is 0 Å². The van der Waals surface area contributed by atoms with Gasteiger partial charge in [-0.15, -0.1) is 0 Å². The number of nitrogens with zero attached hydrogens (tertiary/aromatic N) is 2. The summed E-state index contributed by atoms with van der Waals surface area (Å²) in [5.41, 5.74) is 5.69. The molecule has 138 valence electrons. The molecular formula is C25H22N2S. The maximum absolute atomic E-state index is 4.84. The molecule has 4 rings (SSSR count). The van der Waals surface area contributed by atoms with Crippen molar-refractivity contribution in [2.75, 3.05) is 0 Å². The topological polar surface area (TPSA) is 25.2 Å². The Bertz CT molecular complexity index is 1010. The molecule has 0 aliphatic rings. The Hall–Kier alpha value is -3.04. The Morgan fingerprint density at radius 1 is 0.786 bits per heavy atom. The summed E-state index contributed by atoms with van der Waals surface area (Å²) in [6.07, 6.45) is 1.90. The number of aromatic nitrogens is 1. The monoisotopic (exact) mass is 382 g/mol. The van der Waals surface area contributed by atoms with Crippen molar-refractivity contribution in [3.05, 3.63) is 96.1 Å². The van der Waals surface area contributed by atoms with E-state index >= 15 is 0 Å². The van der Waals surface area contributed by atoms with Crippen LogP contribution in [0.15, 0.2) is 89.9 Å². The van der Waals surface area contributed by atoms with Crippen LogP contribution in [0.4, 0.5) is 5.13 Å². The molecule has 3 heteroatoms. The fourth-order valence-electron chi connectivity index (χ4n) is 3.04. The second-order valence-electron chi connectivity index (χ2n) is 6.99. The van der Waals surface area contributed by atoms with Gasteiger partial charge in [-0.05, 0) is 22.6 Å². The van der Waals surface area contributed by atoms with Crippen LogP contribution >= 0.6 is 11.3 Å². The van der Waals surface area contributed by atoms with E-state index in [-0.39, 0.29) is 0 Å². The Kier molecular flexibility index (Phi) is 5.45. The van der Waals surface area contributed by atoms with Crippen molar-refractivity contribution in [3.8, 4) is 21.7 Å².